The third-order valence-electron chi connectivity index (χ3n) is 2.48. The van der Waals surface area contributed by atoms with Crippen molar-refractivity contribution in [3.05, 3.63) is 29.8 Å². The van der Waals surface area contributed by atoms with Crippen LogP contribution in [0.4, 0.5) is 0 Å². The van der Waals surface area contributed by atoms with Gasteiger partial charge in [0.25, 0.3) is 0 Å². The molecule has 0 aromatic heterocycles. The molecule has 2 N–H and O–H groups in total. The molecule has 1 aromatic rings. The molecule has 0 fully saturated rings. The fourth-order valence-electron chi connectivity index (χ4n) is 1.27. The number of carbonyl (C=O) groups excluding carboxylic acids is 1. The summed E-state index contributed by atoms with van der Waals surface area (Å²) in [4.78, 5) is 23.2. The molecular formula is C13H17NO3S. The normalized spacial score (nSPS) is 11.9. The van der Waals surface area contributed by atoms with Crippen molar-refractivity contribution >= 4 is 23.6 Å². The molecule has 0 unspecified atom stereocenters. The van der Waals surface area contributed by atoms with E-state index in [0.29, 0.717) is 5.75 Å². The molecule has 1 aromatic carbocycles. The third kappa shape index (κ3) is 4.79. The van der Waals surface area contributed by atoms with E-state index in [-0.39, 0.29) is 12.5 Å². The predicted molar refractivity (Wildman–Crippen MR) is 71.7 cm³/mol. The van der Waals surface area contributed by atoms with Crippen LogP contribution in [0.5, 0.6) is 0 Å². The quantitative estimate of drug-likeness (QED) is 0.773. The van der Waals surface area contributed by atoms with Crippen molar-refractivity contribution in [2.75, 3.05) is 12.3 Å². The van der Waals surface area contributed by atoms with Gasteiger partial charge in [0.1, 0.15) is 0 Å². The highest BCUT2D eigenvalue weighted by atomic mass is 32.2. The van der Waals surface area contributed by atoms with Gasteiger partial charge in [-0.2, -0.15) is 0 Å². The average Bonchev–Trinajstić information content (AvgIpc) is 2.34. The second-order valence-electron chi connectivity index (χ2n) is 4.10. The van der Waals surface area contributed by atoms with Crippen LogP contribution < -0.4 is 5.32 Å². The molecule has 1 atom stereocenters. The number of amides is 1. The monoisotopic (exact) mass is 267 g/mol. The highest BCUT2D eigenvalue weighted by Gasteiger charge is 2.12. The van der Waals surface area contributed by atoms with E-state index >= 15 is 0 Å². The lowest BCUT2D eigenvalue weighted by Gasteiger charge is -2.09. The Morgan fingerprint density at radius 2 is 2.06 bits per heavy atom. The minimum Gasteiger partial charge on any atom is -0.481 e. The van der Waals surface area contributed by atoms with E-state index in [9.17, 15) is 9.59 Å². The Morgan fingerprint density at radius 3 is 2.67 bits per heavy atom. The first-order valence-electron chi connectivity index (χ1n) is 5.68. The Labute approximate surface area is 111 Å². The van der Waals surface area contributed by atoms with Crippen LogP contribution in [0, 0.1) is 12.8 Å². The summed E-state index contributed by atoms with van der Waals surface area (Å²) in [6, 6.07) is 7.84. The first-order valence-corrected chi connectivity index (χ1v) is 6.67. The maximum atomic E-state index is 11.5. The second kappa shape index (κ2) is 7.06. The molecule has 1 rings (SSSR count). The zero-order chi connectivity index (χ0) is 13.5. The Hall–Kier alpha value is -1.49. The lowest BCUT2D eigenvalue weighted by Crippen LogP contribution is -2.32. The number of rotatable bonds is 6. The molecule has 0 spiro atoms. The van der Waals surface area contributed by atoms with E-state index < -0.39 is 11.9 Å². The van der Waals surface area contributed by atoms with Gasteiger partial charge in [-0.1, -0.05) is 25.1 Å². The van der Waals surface area contributed by atoms with Crippen LogP contribution in [0.25, 0.3) is 0 Å². The minimum absolute atomic E-state index is 0.142. The average molecular weight is 267 g/mol. The number of aliphatic carboxylic acids is 1. The van der Waals surface area contributed by atoms with Crippen molar-refractivity contribution in [2.45, 2.75) is 18.7 Å². The maximum absolute atomic E-state index is 11.5. The number of carbonyl (C=O) groups is 2. The molecule has 0 aliphatic rings. The number of aryl methyl sites for hydroxylation is 1. The number of thioether (sulfide) groups is 1. The van der Waals surface area contributed by atoms with Crippen LogP contribution in [0.15, 0.2) is 29.2 Å². The summed E-state index contributed by atoms with van der Waals surface area (Å²) in [6.07, 6.45) is 0. The van der Waals surface area contributed by atoms with E-state index in [2.05, 4.69) is 5.32 Å². The number of benzene rings is 1. The van der Waals surface area contributed by atoms with Crippen LogP contribution in [-0.4, -0.2) is 29.3 Å². The predicted octanol–water partition coefficient (Wildman–Crippen LogP) is 1.92. The Balaban J connectivity index is 2.34. The smallest absolute Gasteiger partial charge is 0.308 e. The highest BCUT2D eigenvalue weighted by Crippen LogP contribution is 2.21. The van der Waals surface area contributed by atoms with Crippen LogP contribution in [-0.2, 0) is 9.59 Å². The highest BCUT2D eigenvalue weighted by molar-refractivity contribution is 8.00. The van der Waals surface area contributed by atoms with Crippen molar-refractivity contribution < 1.29 is 14.7 Å². The molecule has 1 amide bonds. The Bertz CT molecular complexity index is 434. The zero-order valence-electron chi connectivity index (χ0n) is 10.5. The van der Waals surface area contributed by atoms with E-state index in [1.54, 1.807) is 6.92 Å². The summed E-state index contributed by atoms with van der Waals surface area (Å²) in [6.45, 7) is 3.73. The fourth-order valence-corrected chi connectivity index (χ4v) is 2.13. The van der Waals surface area contributed by atoms with Crippen molar-refractivity contribution in [1.29, 1.82) is 0 Å². The van der Waals surface area contributed by atoms with Crippen LogP contribution in [0.3, 0.4) is 0 Å². The van der Waals surface area contributed by atoms with Gasteiger partial charge in [0, 0.05) is 11.4 Å². The van der Waals surface area contributed by atoms with Crippen molar-refractivity contribution in [3.8, 4) is 0 Å². The summed E-state index contributed by atoms with van der Waals surface area (Å²) < 4.78 is 0. The topological polar surface area (TPSA) is 66.4 Å². The molecule has 0 saturated carbocycles. The van der Waals surface area contributed by atoms with Gasteiger partial charge in [0.2, 0.25) is 5.91 Å². The van der Waals surface area contributed by atoms with Crippen molar-refractivity contribution in [2.24, 2.45) is 5.92 Å². The van der Waals surface area contributed by atoms with Gasteiger partial charge >= 0.3 is 5.97 Å². The molecule has 98 valence electrons. The van der Waals surface area contributed by atoms with Crippen LogP contribution in [0.1, 0.15) is 12.5 Å². The van der Waals surface area contributed by atoms with E-state index in [0.717, 1.165) is 10.5 Å². The SMILES string of the molecule is Cc1ccccc1SCC(=O)NC[C@@H](C)C(=O)O. The number of carboxylic acids is 1. The van der Waals surface area contributed by atoms with Gasteiger partial charge in [-0.25, -0.2) is 0 Å². The Morgan fingerprint density at radius 1 is 1.39 bits per heavy atom. The summed E-state index contributed by atoms with van der Waals surface area (Å²) in [5.41, 5.74) is 1.13. The summed E-state index contributed by atoms with van der Waals surface area (Å²) in [5, 5.41) is 11.3. The van der Waals surface area contributed by atoms with Crippen molar-refractivity contribution in [1.82, 2.24) is 5.32 Å². The molecule has 4 nitrogen and oxygen atoms in total. The molecule has 0 aliphatic heterocycles. The lowest BCUT2D eigenvalue weighted by molar-refractivity contribution is -0.141. The third-order valence-corrected chi connectivity index (χ3v) is 3.65. The molecule has 0 heterocycles. The molecule has 18 heavy (non-hydrogen) atoms. The molecule has 0 bridgehead atoms. The Kier molecular flexibility index (Phi) is 5.71. The van der Waals surface area contributed by atoms with E-state index in [4.69, 9.17) is 5.11 Å². The number of carboxylic acid groups (broad SMARTS) is 1. The number of hydrogen-bond acceptors (Lipinski definition) is 3. The van der Waals surface area contributed by atoms with Gasteiger partial charge in [-0.05, 0) is 18.6 Å². The molecular weight excluding hydrogens is 250 g/mol. The van der Waals surface area contributed by atoms with Gasteiger partial charge in [-0.15, -0.1) is 11.8 Å². The number of hydrogen-bond donors (Lipinski definition) is 2. The van der Waals surface area contributed by atoms with Crippen molar-refractivity contribution in [3.63, 3.8) is 0 Å². The fraction of sp³-hybridized carbons (Fsp3) is 0.385. The lowest BCUT2D eigenvalue weighted by atomic mass is 10.2. The van der Waals surface area contributed by atoms with Gasteiger partial charge < -0.3 is 10.4 Å². The summed E-state index contributed by atoms with van der Waals surface area (Å²) in [7, 11) is 0. The first-order chi connectivity index (χ1) is 8.50. The molecule has 0 radical (unpaired) electrons. The number of nitrogens with one attached hydrogen (secondary N) is 1. The maximum Gasteiger partial charge on any atom is 0.308 e. The standard InChI is InChI=1S/C13H17NO3S/c1-9-5-3-4-6-11(9)18-8-12(15)14-7-10(2)13(16)17/h3-6,10H,7-8H2,1-2H3,(H,14,15)(H,16,17)/t10-/m1/s1. The largest absolute Gasteiger partial charge is 0.481 e. The van der Waals surface area contributed by atoms with Gasteiger partial charge in [0.05, 0.1) is 11.7 Å². The van der Waals surface area contributed by atoms with Crippen LogP contribution in [0.2, 0.25) is 0 Å². The molecule has 5 heteroatoms. The van der Waals surface area contributed by atoms with Crippen LogP contribution >= 0.6 is 11.8 Å². The van der Waals surface area contributed by atoms with E-state index in [1.807, 2.05) is 31.2 Å². The van der Waals surface area contributed by atoms with Gasteiger partial charge in [-0.3, -0.25) is 9.59 Å². The molecule has 0 saturated heterocycles. The van der Waals surface area contributed by atoms with E-state index in [1.165, 1.54) is 11.8 Å². The van der Waals surface area contributed by atoms with Gasteiger partial charge in [0.15, 0.2) is 0 Å². The summed E-state index contributed by atoms with van der Waals surface area (Å²) >= 11 is 1.46. The zero-order valence-corrected chi connectivity index (χ0v) is 11.3. The molecule has 0 aliphatic carbocycles. The first kappa shape index (κ1) is 14.6. The summed E-state index contributed by atoms with van der Waals surface area (Å²) in [5.74, 6) is -1.30. The second-order valence-corrected chi connectivity index (χ2v) is 5.11. The minimum atomic E-state index is -0.901.